The van der Waals surface area contributed by atoms with E-state index in [9.17, 15) is 18.0 Å². The fourth-order valence-electron chi connectivity index (χ4n) is 3.04. The maximum absolute atomic E-state index is 12.9. The van der Waals surface area contributed by atoms with Crippen molar-refractivity contribution in [1.29, 1.82) is 0 Å². The molecule has 3 heterocycles. The highest BCUT2D eigenvalue weighted by atomic mass is 35.5. The number of aromatic nitrogens is 2. The maximum atomic E-state index is 12.9. The Bertz CT molecular complexity index is 1390. The van der Waals surface area contributed by atoms with Gasteiger partial charge in [-0.3, -0.25) is 9.36 Å². The van der Waals surface area contributed by atoms with E-state index in [2.05, 4.69) is 10.3 Å². The van der Waals surface area contributed by atoms with Crippen LogP contribution >= 0.6 is 35.1 Å². The Hall–Kier alpha value is -2.47. The van der Waals surface area contributed by atoms with Gasteiger partial charge in [-0.2, -0.15) is 0 Å². The highest BCUT2D eigenvalue weighted by Crippen LogP contribution is 2.37. The number of nitrogens with zero attached hydrogens (tertiary/aromatic N) is 2. The highest BCUT2D eigenvalue weighted by Gasteiger charge is 2.27. The van der Waals surface area contributed by atoms with Crippen molar-refractivity contribution in [2.24, 2.45) is 0 Å². The predicted octanol–water partition coefficient (Wildman–Crippen LogP) is 4.10. The van der Waals surface area contributed by atoms with E-state index in [4.69, 9.17) is 11.6 Å². The SMILES string of the molecule is CSc1ccc2ccn(-c3ccc(NC(=O)NS(=O)(=O)C4=CCC(Cl)S4)cn3)c(=O)c2c1. The number of carbonyl (C=O) groups is 1. The summed E-state index contributed by atoms with van der Waals surface area (Å²) < 4.78 is 27.5. The maximum Gasteiger partial charge on any atom is 0.333 e. The number of alkyl halides is 1. The number of halogens is 1. The first-order valence-electron chi connectivity index (χ1n) is 9.27. The molecule has 0 radical (unpaired) electrons. The number of carbonyl (C=O) groups excluding carboxylic acids is 1. The summed E-state index contributed by atoms with van der Waals surface area (Å²) >= 11 is 8.41. The Labute approximate surface area is 197 Å². The predicted molar refractivity (Wildman–Crippen MR) is 130 cm³/mol. The van der Waals surface area contributed by atoms with Crippen molar-refractivity contribution in [3.63, 3.8) is 0 Å². The lowest BCUT2D eigenvalue weighted by atomic mass is 10.2. The molecule has 1 aliphatic heterocycles. The van der Waals surface area contributed by atoms with Crippen LogP contribution in [0.1, 0.15) is 6.42 Å². The quantitative estimate of drug-likeness (QED) is 0.394. The van der Waals surface area contributed by atoms with Crippen LogP contribution in [0.3, 0.4) is 0 Å². The molecule has 2 N–H and O–H groups in total. The van der Waals surface area contributed by atoms with Crippen LogP contribution in [0.5, 0.6) is 0 Å². The molecular weight excluding hydrogens is 492 g/mol. The van der Waals surface area contributed by atoms with Crippen molar-refractivity contribution in [2.75, 3.05) is 11.6 Å². The van der Waals surface area contributed by atoms with Gasteiger partial charge >= 0.3 is 6.03 Å². The number of hydrogen-bond donors (Lipinski definition) is 2. The largest absolute Gasteiger partial charge is 0.333 e. The molecule has 4 rings (SSSR count). The second-order valence-electron chi connectivity index (χ2n) is 6.70. The van der Waals surface area contributed by atoms with Crippen LogP contribution in [0.4, 0.5) is 10.5 Å². The molecule has 2 aromatic heterocycles. The summed E-state index contributed by atoms with van der Waals surface area (Å²) in [6.07, 6.45) is 6.79. The number of urea groups is 1. The summed E-state index contributed by atoms with van der Waals surface area (Å²) in [4.78, 5) is 30.3. The lowest BCUT2D eigenvalue weighted by molar-refractivity contribution is 0.256. The van der Waals surface area contributed by atoms with E-state index in [1.54, 1.807) is 24.0 Å². The average Bonchev–Trinajstić information content (AvgIpc) is 3.21. The van der Waals surface area contributed by atoms with Gasteiger partial charge in [-0.15, -0.1) is 23.4 Å². The van der Waals surface area contributed by atoms with E-state index in [1.165, 1.54) is 22.9 Å². The van der Waals surface area contributed by atoms with Gasteiger partial charge in [-0.25, -0.2) is 22.9 Å². The van der Waals surface area contributed by atoms with E-state index in [0.717, 1.165) is 22.0 Å². The molecule has 0 aliphatic carbocycles. The Balaban J connectivity index is 1.50. The first kappa shape index (κ1) is 22.7. The molecule has 0 bridgehead atoms. The summed E-state index contributed by atoms with van der Waals surface area (Å²) in [6.45, 7) is 0. The van der Waals surface area contributed by atoms with E-state index in [0.29, 0.717) is 17.6 Å². The standard InChI is InChI=1S/C20H17ClN4O4S3/c1-30-14-4-2-12-8-9-25(19(26)15(12)10-14)17-6-3-13(11-22-17)23-20(27)24-32(28,29)18-7-5-16(21)31-18/h2-4,6-11,16H,5H2,1H3,(H2,23,24,27). The van der Waals surface area contributed by atoms with Gasteiger partial charge in [0.25, 0.3) is 15.6 Å². The molecule has 0 fully saturated rings. The third-order valence-electron chi connectivity index (χ3n) is 4.57. The lowest BCUT2D eigenvalue weighted by Crippen LogP contribution is -2.34. The number of thioether (sulfide) groups is 2. The summed E-state index contributed by atoms with van der Waals surface area (Å²) in [5.74, 6) is 0.366. The van der Waals surface area contributed by atoms with E-state index >= 15 is 0 Å². The number of amides is 2. The van der Waals surface area contributed by atoms with Crippen LogP contribution in [0.25, 0.3) is 16.6 Å². The monoisotopic (exact) mass is 508 g/mol. The van der Waals surface area contributed by atoms with Crippen LogP contribution < -0.4 is 15.6 Å². The molecule has 2 amide bonds. The minimum atomic E-state index is -3.99. The Kier molecular flexibility index (Phi) is 6.52. The molecule has 12 heteroatoms. The van der Waals surface area contributed by atoms with Gasteiger partial charge in [0.15, 0.2) is 0 Å². The zero-order chi connectivity index (χ0) is 22.9. The van der Waals surface area contributed by atoms with Crippen molar-refractivity contribution < 1.29 is 13.2 Å². The van der Waals surface area contributed by atoms with Gasteiger partial charge in [0.1, 0.15) is 10.1 Å². The van der Waals surface area contributed by atoms with Crippen molar-refractivity contribution in [1.82, 2.24) is 14.3 Å². The number of sulfonamides is 1. The van der Waals surface area contributed by atoms with Gasteiger partial charge in [0, 0.05) is 16.5 Å². The number of hydrogen-bond acceptors (Lipinski definition) is 7. The molecular formula is C20H17ClN4O4S3. The van der Waals surface area contributed by atoms with Gasteiger partial charge in [0.05, 0.1) is 16.6 Å². The molecule has 3 aromatic rings. The van der Waals surface area contributed by atoms with Crippen LogP contribution in [-0.4, -0.2) is 35.0 Å². The Morgan fingerprint density at radius 3 is 2.75 bits per heavy atom. The number of anilines is 1. The van der Waals surface area contributed by atoms with Crippen molar-refractivity contribution >= 4 is 67.6 Å². The van der Waals surface area contributed by atoms with Crippen molar-refractivity contribution in [2.45, 2.75) is 16.0 Å². The molecule has 1 atom stereocenters. The van der Waals surface area contributed by atoms with Crippen molar-refractivity contribution in [3.8, 4) is 5.82 Å². The number of benzene rings is 1. The summed E-state index contributed by atoms with van der Waals surface area (Å²) in [5.41, 5.74) is 0.0543. The Morgan fingerprint density at radius 1 is 1.28 bits per heavy atom. The van der Waals surface area contributed by atoms with Crippen LogP contribution in [0, 0.1) is 0 Å². The Morgan fingerprint density at radius 2 is 2.09 bits per heavy atom. The molecule has 32 heavy (non-hydrogen) atoms. The van der Waals surface area contributed by atoms with Crippen LogP contribution in [0.2, 0.25) is 0 Å². The molecule has 1 aromatic carbocycles. The summed E-state index contributed by atoms with van der Waals surface area (Å²) in [6, 6.07) is 9.68. The zero-order valence-electron chi connectivity index (χ0n) is 16.6. The third-order valence-corrected chi connectivity index (χ3v) is 8.69. The smallest absolute Gasteiger partial charge is 0.306 e. The number of pyridine rings is 2. The second-order valence-corrected chi connectivity index (χ2v) is 11.5. The number of fused-ring (bicyclic) bond motifs is 1. The summed E-state index contributed by atoms with van der Waals surface area (Å²) in [7, 11) is -3.99. The first-order chi connectivity index (χ1) is 15.3. The minimum Gasteiger partial charge on any atom is -0.306 e. The van der Waals surface area contributed by atoms with Crippen molar-refractivity contribution in [3.05, 3.63) is 69.5 Å². The fraction of sp³-hybridized carbons (Fsp3) is 0.150. The first-order valence-corrected chi connectivity index (χ1v) is 13.3. The van der Waals surface area contributed by atoms with E-state index in [1.807, 2.05) is 35.2 Å². The van der Waals surface area contributed by atoms with Gasteiger partial charge in [-0.1, -0.05) is 23.9 Å². The van der Waals surface area contributed by atoms with Crippen LogP contribution in [0.15, 0.2) is 68.8 Å². The van der Waals surface area contributed by atoms with Crippen LogP contribution in [-0.2, 0) is 10.0 Å². The molecule has 8 nitrogen and oxygen atoms in total. The third kappa shape index (κ3) is 4.80. The molecule has 1 unspecified atom stereocenters. The molecule has 1 aliphatic rings. The number of nitrogens with one attached hydrogen (secondary N) is 2. The van der Waals surface area contributed by atoms with Gasteiger partial charge in [-0.05, 0) is 48.4 Å². The van der Waals surface area contributed by atoms with Gasteiger partial charge in [0.2, 0.25) is 0 Å². The topological polar surface area (TPSA) is 110 Å². The van der Waals surface area contributed by atoms with Gasteiger partial charge < -0.3 is 5.32 Å². The number of allylic oxidation sites excluding steroid dienone is 1. The molecule has 166 valence electrons. The summed E-state index contributed by atoms with van der Waals surface area (Å²) in [5, 5.41) is 3.82. The molecule has 0 saturated heterocycles. The molecule has 0 saturated carbocycles. The van der Waals surface area contributed by atoms with E-state index in [-0.39, 0.29) is 20.2 Å². The zero-order valence-corrected chi connectivity index (χ0v) is 19.8. The average molecular weight is 509 g/mol. The fourth-order valence-corrected chi connectivity index (χ4v) is 6.35. The number of rotatable bonds is 5. The normalized spacial score (nSPS) is 16.1. The minimum absolute atomic E-state index is 0.0152. The second kappa shape index (κ2) is 9.18. The lowest BCUT2D eigenvalue weighted by Gasteiger charge is -2.10. The van der Waals surface area contributed by atoms with E-state index < -0.39 is 16.1 Å². The highest BCUT2D eigenvalue weighted by molar-refractivity contribution is 8.19. The molecule has 0 spiro atoms.